The fraction of sp³-hybridized carbons (Fsp3) is 0.526. The number of carbonyl (C=O) groups excluding carboxylic acids is 1. The Morgan fingerprint density at radius 3 is 2.67 bits per heavy atom. The first-order valence-electron chi connectivity index (χ1n) is 8.56. The van der Waals surface area contributed by atoms with Gasteiger partial charge in [0.05, 0.1) is 7.11 Å². The largest absolute Gasteiger partial charge is 0.496 e. The summed E-state index contributed by atoms with van der Waals surface area (Å²) in [7, 11) is 3.82. The molecule has 0 spiro atoms. The highest BCUT2D eigenvalue weighted by Gasteiger charge is 2.13. The Labute approximate surface area is 145 Å². The highest BCUT2D eigenvalue weighted by atomic mass is 16.5. The molecule has 0 unspecified atom stereocenters. The second kappa shape index (κ2) is 9.45. The van der Waals surface area contributed by atoms with Crippen molar-refractivity contribution in [2.75, 3.05) is 53.4 Å². The number of rotatable bonds is 7. The summed E-state index contributed by atoms with van der Waals surface area (Å²) in [6.45, 7) is 7.95. The molecule has 24 heavy (non-hydrogen) atoms. The number of ether oxygens (including phenoxy) is 1. The molecule has 1 aliphatic rings. The van der Waals surface area contributed by atoms with Gasteiger partial charge in [-0.1, -0.05) is 23.8 Å². The van der Waals surface area contributed by atoms with Gasteiger partial charge in [0.1, 0.15) is 5.75 Å². The number of piperazine rings is 1. The number of benzene rings is 1. The zero-order chi connectivity index (χ0) is 17.4. The summed E-state index contributed by atoms with van der Waals surface area (Å²) in [5.74, 6) is 0.845. The average molecular weight is 331 g/mol. The molecule has 132 valence electrons. The molecule has 0 atom stereocenters. The molecule has 0 aromatic heterocycles. The van der Waals surface area contributed by atoms with Crippen molar-refractivity contribution in [3.8, 4) is 5.75 Å². The predicted molar refractivity (Wildman–Crippen MR) is 97.4 cm³/mol. The van der Waals surface area contributed by atoms with Crippen molar-refractivity contribution in [2.45, 2.75) is 13.3 Å². The summed E-state index contributed by atoms with van der Waals surface area (Å²) in [5.41, 5.74) is 2.12. The van der Waals surface area contributed by atoms with Crippen molar-refractivity contribution in [3.63, 3.8) is 0 Å². The molecule has 5 heteroatoms. The van der Waals surface area contributed by atoms with Crippen LogP contribution >= 0.6 is 0 Å². The molecule has 0 aliphatic carbocycles. The Bertz CT molecular complexity index is 563. The van der Waals surface area contributed by atoms with Crippen LogP contribution < -0.4 is 10.1 Å². The lowest BCUT2D eigenvalue weighted by Gasteiger charge is -2.32. The lowest BCUT2D eigenvalue weighted by molar-refractivity contribution is -0.116. The van der Waals surface area contributed by atoms with E-state index in [4.69, 9.17) is 4.74 Å². The number of nitrogens with zero attached hydrogens (tertiary/aromatic N) is 2. The lowest BCUT2D eigenvalue weighted by atomic mass is 10.1. The van der Waals surface area contributed by atoms with E-state index in [2.05, 4.69) is 22.2 Å². The van der Waals surface area contributed by atoms with Crippen LogP contribution in [-0.4, -0.2) is 69.1 Å². The van der Waals surface area contributed by atoms with E-state index in [9.17, 15) is 4.79 Å². The molecule has 1 aromatic carbocycles. The Hall–Kier alpha value is -1.85. The maximum Gasteiger partial charge on any atom is 0.243 e. The number of hydrogen-bond donors (Lipinski definition) is 1. The zero-order valence-electron chi connectivity index (χ0n) is 15.0. The first kappa shape index (κ1) is 18.5. The predicted octanol–water partition coefficient (Wildman–Crippen LogP) is 1.55. The molecule has 1 heterocycles. The molecule has 1 aliphatic heterocycles. The summed E-state index contributed by atoms with van der Waals surface area (Å²) in [5, 5.41) is 2.98. The number of hydrogen-bond acceptors (Lipinski definition) is 4. The number of methoxy groups -OCH3 is 1. The SMILES string of the molecule is COc1ccccc1CC(C)=CC(=O)NCCN1CCN(C)CC1. The summed E-state index contributed by atoms with van der Waals surface area (Å²) in [6.07, 6.45) is 2.41. The smallest absolute Gasteiger partial charge is 0.243 e. The van der Waals surface area contributed by atoms with E-state index < -0.39 is 0 Å². The van der Waals surface area contributed by atoms with E-state index in [1.165, 1.54) is 0 Å². The second-order valence-electron chi connectivity index (χ2n) is 6.42. The van der Waals surface area contributed by atoms with Crippen LogP contribution in [0.2, 0.25) is 0 Å². The Balaban J connectivity index is 1.75. The van der Waals surface area contributed by atoms with Crippen LogP contribution in [0.15, 0.2) is 35.9 Å². The summed E-state index contributed by atoms with van der Waals surface area (Å²) in [4.78, 5) is 16.8. The first-order valence-corrected chi connectivity index (χ1v) is 8.56. The van der Waals surface area contributed by atoms with Gasteiger partial charge in [-0.3, -0.25) is 9.69 Å². The summed E-state index contributed by atoms with van der Waals surface area (Å²) < 4.78 is 5.35. The van der Waals surface area contributed by atoms with Gasteiger partial charge in [0.15, 0.2) is 0 Å². The maximum absolute atomic E-state index is 12.0. The van der Waals surface area contributed by atoms with E-state index in [1.54, 1.807) is 13.2 Å². The van der Waals surface area contributed by atoms with Crippen molar-refractivity contribution in [3.05, 3.63) is 41.5 Å². The summed E-state index contributed by atoms with van der Waals surface area (Å²) >= 11 is 0. The maximum atomic E-state index is 12.0. The molecule has 0 saturated carbocycles. The van der Waals surface area contributed by atoms with Crippen LogP contribution in [-0.2, 0) is 11.2 Å². The third-order valence-corrected chi connectivity index (χ3v) is 4.36. The standard InChI is InChI=1S/C19H29N3O2/c1-16(14-17-6-4-5-7-18(17)24-3)15-19(23)20-8-9-22-12-10-21(2)11-13-22/h4-7,15H,8-14H2,1-3H3,(H,20,23). The first-order chi connectivity index (χ1) is 11.6. The van der Waals surface area contributed by atoms with Crippen molar-refractivity contribution in [1.29, 1.82) is 0 Å². The number of carbonyl (C=O) groups is 1. The molecule has 1 N–H and O–H groups in total. The van der Waals surface area contributed by atoms with Crippen molar-refractivity contribution in [2.24, 2.45) is 0 Å². The van der Waals surface area contributed by atoms with Gasteiger partial charge in [-0.2, -0.15) is 0 Å². The van der Waals surface area contributed by atoms with E-state index in [0.717, 1.165) is 56.0 Å². The van der Waals surface area contributed by atoms with E-state index in [0.29, 0.717) is 6.54 Å². The number of nitrogens with one attached hydrogen (secondary N) is 1. The molecule has 1 fully saturated rings. The third-order valence-electron chi connectivity index (χ3n) is 4.36. The molecule has 2 rings (SSSR count). The Morgan fingerprint density at radius 2 is 1.96 bits per heavy atom. The lowest BCUT2D eigenvalue weighted by Crippen LogP contribution is -2.46. The topological polar surface area (TPSA) is 44.8 Å². The van der Waals surface area contributed by atoms with Gasteiger partial charge in [-0.25, -0.2) is 0 Å². The van der Waals surface area contributed by atoms with Crippen LogP contribution in [0.1, 0.15) is 12.5 Å². The molecule has 0 bridgehead atoms. The molecular weight excluding hydrogens is 302 g/mol. The van der Waals surface area contributed by atoms with Crippen LogP contribution in [0, 0.1) is 0 Å². The van der Waals surface area contributed by atoms with Crippen LogP contribution in [0.4, 0.5) is 0 Å². The number of para-hydroxylation sites is 1. The van der Waals surface area contributed by atoms with Gasteiger partial charge < -0.3 is 15.0 Å². The Kier molecular flexibility index (Phi) is 7.28. The van der Waals surface area contributed by atoms with Gasteiger partial charge in [0.25, 0.3) is 0 Å². The van der Waals surface area contributed by atoms with E-state index in [-0.39, 0.29) is 5.91 Å². The Morgan fingerprint density at radius 1 is 1.25 bits per heavy atom. The highest BCUT2D eigenvalue weighted by molar-refractivity contribution is 5.88. The molecular formula is C19H29N3O2. The van der Waals surface area contributed by atoms with Crippen LogP contribution in [0.25, 0.3) is 0 Å². The van der Waals surface area contributed by atoms with Crippen molar-refractivity contribution in [1.82, 2.24) is 15.1 Å². The van der Waals surface area contributed by atoms with Gasteiger partial charge >= 0.3 is 0 Å². The fourth-order valence-electron chi connectivity index (χ4n) is 2.88. The second-order valence-corrected chi connectivity index (χ2v) is 6.42. The zero-order valence-corrected chi connectivity index (χ0v) is 15.0. The molecule has 1 aromatic rings. The highest BCUT2D eigenvalue weighted by Crippen LogP contribution is 2.20. The van der Waals surface area contributed by atoms with Gasteiger partial charge in [-0.15, -0.1) is 0 Å². The van der Waals surface area contributed by atoms with Crippen molar-refractivity contribution < 1.29 is 9.53 Å². The normalized spacial score (nSPS) is 16.9. The number of allylic oxidation sites excluding steroid dienone is 1. The third kappa shape index (κ3) is 5.98. The van der Waals surface area contributed by atoms with E-state index in [1.807, 2.05) is 31.2 Å². The summed E-state index contributed by atoms with van der Waals surface area (Å²) in [6, 6.07) is 7.91. The van der Waals surface area contributed by atoms with Gasteiger partial charge in [-0.05, 0) is 32.0 Å². The minimum atomic E-state index is -0.0171. The number of amides is 1. The minimum absolute atomic E-state index is 0.0171. The monoisotopic (exact) mass is 331 g/mol. The van der Waals surface area contributed by atoms with Gasteiger partial charge in [0.2, 0.25) is 5.91 Å². The van der Waals surface area contributed by atoms with Crippen LogP contribution in [0.5, 0.6) is 5.75 Å². The molecule has 1 saturated heterocycles. The average Bonchev–Trinajstić information content (AvgIpc) is 2.57. The molecule has 1 amide bonds. The molecule has 5 nitrogen and oxygen atoms in total. The quantitative estimate of drug-likeness (QED) is 0.770. The fourth-order valence-corrected chi connectivity index (χ4v) is 2.88. The van der Waals surface area contributed by atoms with Crippen LogP contribution in [0.3, 0.4) is 0 Å². The van der Waals surface area contributed by atoms with Crippen molar-refractivity contribution >= 4 is 5.91 Å². The van der Waals surface area contributed by atoms with Gasteiger partial charge in [0, 0.05) is 45.3 Å². The minimum Gasteiger partial charge on any atom is -0.496 e. The molecule has 0 radical (unpaired) electrons. The van der Waals surface area contributed by atoms with E-state index >= 15 is 0 Å². The number of likely N-dealkylation sites (N-methyl/N-ethyl adjacent to an activating group) is 1.